The smallest absolute Gasteiger partial charge is 0.259 e. The topological polar surface area (TPSA) is 147 Å². The van der Waals surface area contributed by atoms with Gasteiger partial charge in [-0.15, -0.1) is 0 Å². The van der Waals surface area contributed by atoms with Crippen LogP contribution in [0.15, 0.2) is 82.5 Å². The van der Waals surface area contributed by atoms with Crippen LogP contribution in [-0.2, 0) is 0 Å². The van der Waals surface area contributed by atoms with E-state index >= 15 is 0 Å². The van der Waals surface area contributed by atoms with E-state index in [-0.39, 0.29) is 26.4 Å². The first-order chi connectivity index (χ1) is 19.8. The summed E-state index contributed by atoms with van der Waals surface area (Å²) in [6, 6.07) is 18.3. The molecule has 5 aromatic rings. The normalized spacial score (nSPS) is 11.0. The van der Waals surface area contributed by atoms with Crippen LogP contribution in [0.25, 0.3) is 11.4 Å². The summed E-state index contributed by atoms with van der Waals surface area (Å²) < 4.78 is 13.1. The van der Waals surface area contributed by atoms with Gasteiger partial charge in [0.2, 0.25) is 11.8 Å². The van der Waals surface area contributed by atoms with Crippen molar-refractivity contribution in [2.45, 2.75) is 5.92 Å². The molecule has 13 heteroatoms. The summed E-state index contributed by atoms with van der Waals surface area (Å²) in [5.41, 5.74) is -1.34. The molecule has 0 saturated heterocycles. The Bertz CT molecular complexity index is 1870. The molecule has 4 N–H and O–H groups in total. The Balaban J connectivity index is 1.90. The van der Waals surface area contributed by atoms with Gasteiger partial charge in [0.25, 0.3) is 11.1 Å². The lowest BCUT2D eigenvalue weighted by Gasteiger charge is -2.22. The molecule has 2 aromatic carbocycles. The number of aromatic amines is 2. The van der Waals surface area contributed by atoms with Crippen molar-refractivity contribution in [3.63, 3.8) is 0 Å². The highest BCUT2D eigenvalue weighted by Crippen LogP contribution is 2.39. The van der Waals surface area contributed by atoms with E-state index in [9.17, 15) is 19.8 Å². The first-order valence-corrected chi connectivity index (χ1v) is 12.9. The first kappa shape index (κ1) is 27.6. The second kappa shape index (κ2) is 11.2. The molecule has 41 heavy (non-hydrogen) atoms. The fourth-order valence-corrected chi connectivity index (χ4v) is 5.22. The highest BCUT2D eigenvalue weighted by Gasteiger charge is 2.33. The van der Waals surface area contributed by atoms with Crippen molar-refractivity contribution < 1.29 is 19.7 Å². The molecule has 0 radical (unpaired) electrons. The second-order valence-corrected chi connectivity index (χ2v) is 9.47. The minimum atomic E-state index is -1.38. The fraction of sp³-hybridized carbons (Fsp3) is 0.107. The second-order valence-electron chi connectivity index (χ2n) is 8.70. The van der Waals surface area contributed by atoms with E-state index in [4.69, 9.17) is 33.9 Å². The van der Waals surface area contributed by atoms with Crippen LogP contribution in [0.3, 0.4) is 0 Å². The predicted octanol–water partition coefficient (Wildman–Crippen LogP) is 4.11. The van der Waals surface area contributed by atoms with Crippen molar-refractivity contribution in [3.8, 4) is 34.6 Å². The molecule has 0 amide bonds. The monoisotopic (exact) mass is 589 g/mol. The maximum Gasteiger partial charge on any atom is 0.259 e. The van der Waals surface area contributed by atoms with Crippen LogP contribution in [0, 0.1) is 9.54 Å². The van der Waals surface area contributed by atoms with E-state index in [1.165, 1.54) is 29.6 Å². The fourth-order valence-electron chi connectivity index (χ4n) is 4.66. The SMILES string of the molecule is COc1ccccc1-n1c(O)c(C(c2ccccn2)c2c(O)n(-c3ccccc3OC)c(=S)[nH]c2=O)c(=O)[nH]c1=S. The van der Waals surface area contributed by atoms with Crippen LogP contribution >= 0.6 is 24.4 Å². The highest BCUT2D eigenvalue weighted by molar-refractivity contribution is 7.71. The van der Waals surface area contributed by atoms with Gasteiger partial charge in [-0.25, -0.2) is 0 Å². The lowest BCUT2D eigenvalue weighted by Crippen LogP contribution is -2.28. The summed E-state index contributed by atoms with van der Waals surface area (Å²) in [5.74, 6) is -1.82. The lowest BCUT2D eigenvalue weighted by molar-refractivity contribution is 0.395. The van der Waals surface area contributed by atoms with Crippen molar-refractivity contribution in [3.05, 3.63) is 120 Å². The molecule has 0 unspecified atom stereocenters. The number of hydrogen-bond acceptors (Lipinski definition) is 9. The number of methoxy groups -OCH3 is 2. The van der Waals surface area contributed by atoms with E-state index in [0.29, 0.717) is 22.9 Å². The Kier molecular flexibility index (Phi) is 7.55. The van der Waals surface area contributed by atoms with Crippen LogP contribution in [-0.4, -0.2) is 48.5 Å². The highest BCUT2D eigenvalue weighted by atomic mass is 32.1. The lowest BCUT2D eigenvalue weighted by atomic mass is 9.90. The molecule has 5 rings (SSSR count). The van der Waals surface area contributed by atoms with Crippen molar-refractivity contribution in [2.75, 3.05) is 14.2 Å². The summed E-state index contributed by atoms with van der Waals surface area (Å²) in [5, 5.41) is 23.3. The van der Waals surface area contributed by atoms with Gasteiger partial charge >= 0.3 is 0 Å². The number of ether oxygens (including phenoxy) is 2. The number of rotatable bonds is 7. The number of pyridine rings is 1. The number of aromatic nitrogens is 5. The Hall–Kier alpha value is -5.01. The van der Waals surface area contributed by atoms with Gasteiger partial charge in [-0.05, 0) is 60.8 Å². The standard InChI is InChI=1S/C28H23N5O6S2/c1-38-18-12-5-3-10-16(18)32-25(36)21(23(34)30-27(32)40)20(15-9-7-8-14-29-15)22-24(35)31-28(41)33(26(22)37)17-11-4-6-13-19(17)39-2/h3-14,20,36-37H,1-2H3,(H,30,34,40)(H,31,35,41). The molecule has 11 nitrogen and oxygen atoms in total. The molecule has 0 bridgehead atoms. The minimum Gasteiger partial charge on any atom is -0.495 e. The molecule has 0 aliphatic carbocycles. The van der Waals surface area contributed by atoms with Gasteiger partial charge in [0.1, 0.15) is 11.5 Å². The van der Waals surface area contributed by atoms with Gasteiger partial charge in [0.05, 0.1) is 48.3 Å². The van der Waals surface area contributed by atoms with Crippen molar-refractivity contribution in [2.24, 2.45) is 0 Å². The predicted molar refractivity (Wildman–Crippen MR) is 156 cm³/mol. The Morgan fingerprint density at radius 1 is 0.732 bits per heavy atom. The Morgan fingerprint density at radius 2 is 1.17 bits per heavy atom. The van der Waals surface area contributed by atoms with E-state index in [0.717, 1.165) is 0 Å². The summed E-state index contributed by atoms with van der Waals surface area (Å²) in [4.78, 5) is 36.6. The van der Waals surface area contributed by atoms with E-state index < -0.39 is 28.8 Å². The number of nitrogens with one attached hydrogen (secondary N) is 2. The quantitative estimate of drug-likeness (QED) is 0.206. The van der Waals surface area contributed by atoms with Crippen LogP contribution < -0.4 is 20.6 Å². The molecule has 3 heterocycles. The molecule has 0 saturated carbocycles. The molecule has 208 valence electrons. The zero-order valence-corrected chi connectivity index (χ0v) is 23.3. The van der Waals surface area contributed by atoms with Gasteiger partial charge in [-0.1, -0.05) is 30.3 Å². The van der Waals surface area contributed by atoms with E-state index in [1.54, 1.807) is 66.7 Å². The number of hydrogen-bond donors (Lipinski definition) is 4. The average Bonchev–Trinajstić information content (AvgIpc) is 2.97. The zero-order valence-electron chi connectivity index (χ0n) is 21.7. The van der Waals surface area contributed by atoms with Crippen LogP contribution in [0.5, 0.6) is 23.3 Å². The molecule has 0 spiro atoms. The van der Waals surface area contributed by atoms with Gasteiger partial charge in [0, 0.05) is 6.20 Å². The van der Waals surface area contributed by atoms with Crippen LogP contribution in [0.4, 0.5) is 0 Å². The van der Waals surface area contributed by atoms with Gasteiger partial charge in [-0.2, -0.15) is 0 Å². The van der Waals surface area contributed by atoms with Gasteiger partial charge in [0.15, 0.2) is 9.54 Å². The Morgan fingerprint density at radius 3 is 1.59 bits per heavy atom. The molecular formula is C28H23N5O6S2. The van der Waals surface area contributed by atoms with Gasteiger partial charge < -0.3 is 19.7 Å². The third kappa shape index (κ3) is 4.81. The Labute approximate surface area is 242 Å². The number of benzene rings is 2. The summed E-state index contributed by atoms with van der Waals surface area (Å²) in [6.45, 7) is 0. The molecule has 0 fully saturated rings. The number of aromatic hydroxyl groups is 2. The maximum atomic E-state index is 13.5. The van der Waals surface area contributed by atoms with Crippen molar-refractivity contribution in [1.29, 1.82) is 0 Å². The minimum absolute atomic E-state index is 0.122. The van der Waals surface area contributed by atoms with E-state index in [2.05, 4.69) is 15.0 Å². The van der Waals surface area contributed by atoms with Crippen LogP contribution in [0.2, 0.25) is 0 Å². The van der Waals surface area contributed by atoms with Crippen molar-refractivity contribution >= 4 is 24.4 Å². The number of H-pyrrole nitrogens is 2. The molecular weight excluding hydrogens is 566 g/mol. The average molecular weight is 590 g/mol. The zero-order chi connectivity index (χ0) is 29.3. The molecule has 0 aliphatic heterocycles. The van der Waals surface area contributed by atoms with Gasteiger partial charge in [-0.3, -0.25) is 33.7 Å². The third-order valence-corrected chi connectivity index (χ3v) is 7.02. The van der Waals surface area contributed by atoms with Crippen molar-refractivity contribution in [1.82, 2.24) is 24.1 Å². The third-order valence-electron chi connectivity index (χ3n) is 6.45. The largest absolute Gasteiger partial charge is 0.495 e. The summed E-state index contributed by atoms with van der Waals surface area (Å²) in [7, 11) is 2.90. The number of para-hydroxylation sites is 4. The van der Waals surface area contributed by atoms with E-state index in [1.807, 2.05) is 0 Å². The molecule has 3 aromatic heterocycles. The first-order valence-electron chi connectivity index (χ1n) is 12.1. The number of nitrogens with zero attached hydrogens (tertiary/aromatic N) is 3. The summed E-state index contributed by atoms with van der Waals surface area (Å²) in [6.07, 6.45) is 1.46. The molecule has 0 atom stereocenters. The van der Waals surface area contributed by atoms with Crippen LogP contribution in [0.1, 0.15) is 22.7 Å². The maximum absolute atomic E-state index is 13.5. The molecule has 0 aliphatic rings. The summed E-state index contributed by atoms with van der Waals surface area (Å²) >= 11 is 10.8.